The predicted octanol–water partition coefficient (Wildman–Crippen LogP) is 2.34. The maximum atomic E-state index is 5.82. The third-order valence-electron chi connectivity index (χ3n) is 4.22. The molecule has 6 nitrogen and oxygen atoms in total. The first kappa shape index (κ1) is 17.8. The smallest absolute Gasteiger partial charge is 0.190 e. The number of benzene rings is 1. The van der Waals surface area contributed by atoms with Gasteiger partial charge in [0.25, 0.3) is 0 Å². The molecule has 1 aromatic carbocycles. The third-order valence-corrected chi connectivity index (χ3v) is 4.22. The molecule has 6 heteroatoms. The van der Waals surface area contributed by atoms with Gasteiger partial charge in [0.1, 0.15) is 11.3 Å². The summed E-state index contributed by atoms with van der Waals surface area (Å²) in [5, 5.41) is 7.76. The van der Waals surface area contributed by atoms with E-state index in [2.05, 4.69) is 27.8 Å². The molecule has 1 aliphatic heterocycles. The molecular weight excluding hydrogens is 318 g/mol. The number of rotatable bonds is 8. The van der Waals surface area contributed by atoms with Crippen LogP contribution in [0.2, 0.25) is 0 Å². The number of aliphatic imine (C=N–C) groups is 1. The molecule has 0 spiro atoms. The Morgan fingerprint density at radius 2 is 2.16 bits per heavy atom. The number of nitrogens with zero attached hydrogens (tertiary/aromatic N) is 1. The van der Waals surface area contributed by atoms with Crippen LogP contribution in [0.25, 0.3) is 11.0 Å². The Morgan fingerprint density at radius 1 is 1.28 bits per heavy atom. The third kappa shape index (κ3) is 5.47. The highest BCUT2D eigenvalue weighted by Crippen LogP contribution is 2.18. The molecule has 1 aliphatic rings. The normalized spacial score (nSPS) is 18.0. The first-order valence-electron chi connectivity index (χ1n) is 8.96. The first-order chi connectivity index (χ1) is 12.3. The topological polar surface area (TPSA) is 68.0 Å². The van der Waals surface area contributed by atoms with Crippen molar-refractivity contribution in [3.8, 4) is 0 Å². The number of hydrogen-bond donors (Lipinski definition) is 2. The van der Waals surface area contributed by atoms with E-state index in [0.717, 1.165) is 74.9 Å². The van der Waals surface area contributed by atoms with Crippen molar-refractivity contribution in [2.75, 3.05) is 40.0 Å². The van der Waals surface area contributed by atoms with Crippen LogP contribution in [-0.4, -0.2) is 52.0 Å². The minimum atomic E-state index is 0.279. The molecule has 2 aromatic rings. The number of guanidine groups is 1. The number of hydrogen-bond acceptors (Lipinski definition) is 4. The van der Waals surface area contributed by atoms with Crippen molar-refractivity contribution in [2.24, 2.45) is 4.99 Å². The maximum absolute atomic E-state index is 5.82. The average molecular weight is 345 g/mol. The van der Waals surface area contributed by atoms with Gasteiger partial charge in [-0.1, -0.05) is 18.2 Å². The van der Waals surface area contributed by atoms with Crippen LogP contribution in [0.3, 0.4) is 0 Å². The molecule has 1 atom stereocenters. The summed E-state index contributed by atoms with van der Waals surface area (Å²) in [7, 11) is 1.78. The Bertz CT molecular complexity index is 644. The van der Waals surface area contributed by atoms with Crippen molar-refractivity contribution in [3.05, 3.63) is 36.1 Å². The van der Waals surface area contributed by atoms with Crippen LogP contribution < -0.4 is 10.6 Å². The molecule has 0 radical (unpaired) electrons. The summed E-state index contributed by atoms with van der Waals surface area (Å²) in [6, 6.07) is 10.2. The van der Waals surface area contributed by atoms with E-state index >= 15 is 0 Å². The summed E-state index contributed by atoms with van der Waals surface area (Å²) in [5.41, 5.74) is 0.938. The van der Waals surface area contributed by atoms with Crippen LogP contribution in [0.5, 0.6) is 0 Å². The summed E-state index contributed by atoms with van der Waals surface area (Å²) >= 11 is 0. The quantitative estimate of drug-likeness (QED) is 0.437. The maximum Gasteiger partial charge on any atom is 0.190 e. The molecule has 0 amide bonds. The van der Waals surface area contributed by atoms with Gasteiger partial charge in [0.05, 0.1) is 12.7 Å². The Morgan fingerprint density at radius 3 is 2.96 bits per heavy atom. The highest BCUT2D eigenvalue weighted by atomic mass is 16.5. The van der Waals surface area contributed by atoms with E-state index < -0.39 is 0 Å². The van der Waals surface area contributed by atoms with Gasteiger partial charge in [-0.2, -0.15) is 0 Å². The van der Waals surface area contributed by atoms with E-state index in [1.54, 1.807) is 7.05 Å². The van der Waals surface area contributed by atoms with Gasteiger partial charge in [0.2, 0.25) is 0 Å². The lowest BCUT2D eigenvalue weighted by Crippen LogP contribution is -2.39. The molecule has 1 unspecified atom stereocenters. The summed E-state index contributed by atoms with van der Waals surface area (Å²) in [5.74, 6) is 1.79. The van der Waals surface area contributed by atoms with Gasteiger partial charge >= 0.3 is 0 Å². The van der Waals surface area contributed by atoms with Gasteiger partial charge in [-0.15, -0.1) is 0 Å². The van der Waals surface area contributed by atoms with E-state index in [-0.39, 0.29) is 6.10 Å². The highest BCUT2D eigenvalue weighted by Gasteiger charge is 2.15. The van der Waals surface area contributed by atoms with Gasteiger partial charge in [-0.05, 0) is 25.0 Å². The molecule has 1 aromatic heterocycles. The molecule has 0 aliphatic carbocycles. The van der Waals surface area contributed by atoms with Crippen molar-refractivity contribution in [2.45, 2.75) is 25.4 Å². The van der Waals surface area contributed by atoms with E-state index in [1.165, 1.54) is 0 Å². The summed E-state index contributed by atoms with van der Waals surface area (Å²) in [6.07, 6.45) is 3.06. The number of fused-ring (bicyclic) bond motifs is 1. The highest BCUT2D eigenvalue weighted by molar-refractivity contribution is 5.79. The Kier molecular flexibility index (Phi) is 6.71. The Balaban J connectivity index is 1.30. The predicted molar refractivity (Wildman–Crippen MR) is 99.1 cm³/mol. The minimum Gasteiger partial charge on any atom is -0.461 e. The lowest BCUT2D eigenvalue weighted by Gasteiger charge is -2.12. The molecule has 1 fully saturated rings. The number of para-hydroxylation sites is 1. The zero-order chi connectivity index (χ0) is 17.3. The number of furan rings is 1. The molecule has 3 rings (SSSR count). The second kappa shape index (κ2) is 9.44. The summed E-state index contributed by atoms with van der Waals surface area (Å²) < 4.78 is 16.9. The summed E-state index contributed by atoms with van der Waals surface area (Å²) in [6.45, 7) is 3.91. The molecule has 136 valence electrons. The Labute approximate surface area is 148 Å². The first-order valence-corrected chi connectivity index (χ1v) is 8.96. The fraction of sp³-hybridized carbons (Fsp3) is 0.526. The van der Waals surface area contributed by atoms with E-state index in [9.17, 15) is 0 Å². The average Bonchev–Trinajstić information content (AvgIpc) is 3.28. The van der Waals surface area contributed by atoms with Crippen molar-refractivity contribution in [1.82, 2.24) is 10.6 Å². The molecule has 0 bridgehead atoms. The van der Waals surface area contributed by atoms with Crippen LogP contribution in [0.15, 0.2) is 39.7 Å². The largest absolute Gasteiger partial charge is 0.461 e. The van der Waals surface area contributed by atoms with Crippen LogP contribution in [0.1, 0.15) is 18.6 Å². The van der Waals surface area contributed by atoms with E-state index in [0.29, 0.717) is 0 Å². The molecule has 0 saturated carbocycles. The minimum absolute atomic E-state index is 0.279. The zero-order valence-electron chi connectivity index (χ0n) is 14.8. The molecule has 1 saturated heterocycles. The van der Waals surface area contributed by atoms with E-state index in [4.69, 9.17) is 13.9 Å². The number of nitrogens with one attached hydrogen (secondary N) is 2. The lowest BCUT2D eigenvalue weighted by atomic mass is 10.2. The fourth-order valence-corrected chi connectivity index (χ4v) is 2.86. The molecular formula is C19H27N3O3. The second-order valence-electron chi connectivity index (χ2n) is 6.14. The lowest BCUT2D eigenvalue weighted by molar-refractivity contribution is 0.0420. The van der Waals surface area contributed by atoms with Gasteiger partial charge in [0.15, 0.2) is 5.96 Å². The van der Waals surface area contributed by atoms with Gasteiger partial charge in [0, 0.05) is 45.2 Å². The van der Waals surface area contributed by atoms with Crippen molar-refractivity contribution in [1.29, 1.82) is 0 Å². The van der Waals surface area contributed by atoms with Gasteiger partial charge in [-0.25, -0.2) is 0 Å². The molecule has 2 heterocycles. The molecule has 2 N–H and O–H groups in total. The van der Waals surface area contributed by atoms with Crippen molar-refractivity contribution >= 4 is 16.9 Å². The van der Waals surface area contributed by atoms with Crippen LogP contribution >= 0.6 is 0 Å². The second-order valence-corrected chi connectivity index (χ2v) is 6.14. The zero-order valence-corrected chi connectivity index (χ0v) is 14.8. The van der Waals surface area contributed by atoms with Crippen LogP contribution in [0.4, 0.5) is 0 Å². The van der Waals surface area contributed by atoms with Crippen molar-refractivity contribution in [3.63, 3.8) is 0 Å². The van der Waals surface area contributed by atoms with Gasteiger partial charge in [-0.3, -0.25) is 4.99 Å². The van der Waals surface area contributed by atoms with Crippen LogP contribution in [0, 0.1) is 0 Å². The fourth-order valence-electron chi connectivity index (χ4n) is 2.86. The number of ether oxygens (including phenoxy) is 2. The van der Waals surface area contributed by atoms with Crippen molar-refractivity contribution < 1.29 is 13.9 Å². The molecule has 25 heavy (non-hydrogen) atoms. The summed E-state index contributed by atoms with van der Waals surface area (Å²) in [4.78, 5) is 4.24. The van der Waals surface area contributed by atoms with Gasteiger partial charge < -0.3 is 24.5 Å². The monoisotopic (exact) mass is 345 g/mol. The SMILES string of the molecule is CN=C(NCCCOC1CCOC1)NCCc1cc2ccccc2o1. The Hall–Kier alpha value is -2.05. The van der Waals surface area contributed by atoms with E-state index in [1.807, 2.05) is 18.2 Å². The van der Waals surface area contributed by atoms with Crippen LogP contribution in [-0.2, 0) is 15.9 Å². The standard InChI is InChI=1S/C19H27N3O3/c1-20-19(21-9-4-11-24-17-8-12-23-14-17)22-10-7-16-13-15-5-2-3-6-18(15)25-16/h2-3,5-6,13,17H,4,7-12,14H2,1H3,(H2,20,21,22).